The van der Waals surface area contributed by atoms with Crippen LogP contribution in [0.5, 0.6) is 11.5 Å². The van der Waals surface area contributed by atoms with E-state index >= 15 is 0 Å². The van der Waals surface area contributed by atoms with Crippen molar-refractivity contribution in [1.82, 2.24) is 0 Å². The number of hydrogen-bond donors (Lipinski definition) is 2. The number of carbonyl (C=O) groups is 1. The second kappa shape index (κ2) is 9.54. The summed E-state index contributed by atoms with van der Waals surface area (Å²) in [5.74, 6) is -0.0292. The molecule has 2 aromatic carbocycles. The maximum absolute atomic E-state index is 12.5. The second-order valence-electron chi connectivity index (χ2n) is 5.23. The molecular formula is C18H22ClN3O3. The zero-order chi connectivity index (χ0) is 17.5. The van der Waals surface area contributed by atoms with Gasteiger partial charge in [0.2, 0.25) is 0 Å². The van der Waals surface area contributed by atoms with E-state index in [1.165, 1.54) is 0 Å². The minimum absolute atomic E-state index is 0. The van der Waals surface area contributed by atoms with E-state index in [1.54, 1.807) is 26.4 Å². The maximum atomic E-state index is 12.5. The largest absolute Gasteiger partial charge is 0.493 e. The number of rotatable bonds is 6. The standard InChI is InChI=1S/C18H21N3O3.ClH/c1-23-15-9-8-13(11-16(15)24-2)14(17(22)21-18(19)20)10-12-6-4-3-5-7-12;/h3-9,11,14H,10H2,1-2H3,(H4,19,20,21,22);1H. The van der Waals surface area contributed by atoms with E-state index in [-0.39, 0.29) is 18.4 Å². The van der Waals surface area contributed by atoms with Gasteiger partial charge in [0.05, 0.1) is 20.1 Å². The molecule has 0 saturated heterocycles. The maximum Gasteiger partial charge on any atom is 0.256 e. The Balaban J connectivity index is 0.00000312. The summed E-state index contributed by atoms with van der Waals surface area (Å²) in [4.78, 5) is 16.2. The Kier molecular flexibility index (Phi) is 7.75. The number of ether oxygens (including phenoxy) is 2. The van der Waals surface area contributed by atoms with E-state index in [9.17, 15) is 4.79 Å². The highest BCUT2D eigenvalue weighted by Gasteiger charge is 2.22. The van der Waals surface area contributed by atoms with Gasteiger partial charge in [0.15, 0.2) is 17.5 Å². The van der Waals surface area contributed by atoms with E-state index < -0.39 is 11.8 Å². The quantitative estimate of drug-likeness (QED) is 0.605. The van der Waals surface area contributed by atoms with Gasteiger partial charge in [-0.2, -0.15) is 4.99 Å². The molecule has 4 N–H and O–H groups in total. The van der Waals surface area contributed by atoms with E-state index in [0.29, 0.717) is 17.9 Å². The lowest BCUT2D eigenvalue weighted by molar-refractivity contribution is -0.119. The molecule has 0 spiro atoms. The van der Waals surface area contributed by atoms with E-state index in [2.05, 4.69) is 4.99 Å². The summed E-state index contributed by atoms with van der Waals surface area (Å²) < 4.78 is 10.6. The fourth-order valence-electron chi connectivity index (χ4n) is 2.47. The fourth-order valence-corrected chi connectivity index (χ4v) is 2.47. The van der Waals surface area contributed by atoms with Gasteiger partial charge in [0.1, 0.15) is 0 Å². The average molecular weight is 364 g/mol. The molecule has 0 radical (unpaired) electrons. The van der Waals surface area contributed by atoms with Crippen molar-refractivity contribution in [1.29, 1.82) is 0 Å². The Bertz CT molecular complexity index is 732. The zero-order valence-corrected chi connectivity index (χ0v) is 15.0. The third kappa shape index (κ3) is 5.39. The Morgan fingerprint density at radius 1 is 1.04 bits per heavy atom. The van der Waals surface area contributed by atoms with Gasteiger partial charge in [-0.25, -0.2) is 0 Å². The van der Waals surface area contributed by atoms with Gasteiger partial charge in [0.25, 0.3) is 5.91 Å². The summed E-state index contributed by atoms with van der Waals surface area (Å²) in [6, 6.07) is 15.0. The normalized spacial score (nSPS) is 11.0. The number of benzene rings is 2. The fraction of sp³-hybridized carbons (Fsp3) is 0.222. The van der Waals surface area contributed by atoms with Crippen LogP contribution in [0.2, 0.25) is 0 Å². The molecular weight excluding hydrogens is 342 g/mol. The van der Waals surface area contributed by atoms with Crippen molar-refractivity contribution in [3.63, 3.8) is 0 Å². The van der Waals surface area contributed by atoms with Crippen LogP contribution in [0.1, 0.15) is 17.0 Å². The highest BCUT2D eigenvalue weighted by molar-refractivity contribution is 5.95. The lowest BCUT2D eigenvalue weighted by Crippen LogP contribution is -2.26. The molecule has 0 aromatic heterocycles. The van der Waals surface area contributed by atoms with Gasteiger partial charge in [-0.05, 0) is 29.7 Å². The number of guanidine groups is 1. The van der Waals surface area contributed by atoms with Gasteiger partial charge >= 0.3 is 0 Å². The molecule has 0 aliphatic rings. The van der Waals surface area contributed by atoms with Crippen molar-refractivity contribution in [2.24, 2.45) is 16.5 Å². The van der Waals surface area contributed by atoms with Crippen LogP contribution >= 0.6 is 12.4 Å². The summed E-state index contributed by atoms with van der Waals surface area (Å²) >= 11 is 0. The number of carbonyl (C=O) groups excluding carboxylic acids is 1. The molecule has 7 heteroatoms. The van der Waals surface area contributed by atoms with Crippen molar-refractivity contribution < 1.29 is 14.3 Å². The molecule has 2 rings (SSSR count). The first-order valence-electron chi connectivity index (χ1n) is 7.44. The van der Waals surface area contributed by atoms with Crippen molar-refractivity contribution >= 4 is 24.3 Å². The van der Waals surface area contributed by atoms with E-state index in [4.69, 9.17) is 20.9 Å². The predicted octanol–water partition coefficient (Wildman–Crippen LogP) is 2.25. The lowest BCUT2D eigenvalue weighted by Gasteiger charge is -2.16. The second-order valence-corrected chi connectivity index (χ2v) is 5.23. The molecule has 0 bridgehead atoms. The first-order chi connectivity index (χ1) is 11.5. The van der Waals surface area contributed by atoms with Crippen molar-refractivity contribution in [3.05, 3.63) is 59.7 Å². The van der Waals surface area contributed by atoms with Crippen molar-refractivity contribution in [2.75, 3.05) is 14.2 Å². The molecule has 25 heavy (non-hydrogen) atoms. The van der Waals surface area contributed by atoms with Gasteiger partial charge in [0, 0.05) is 0 Å². The number of amides is 1. The summed E-state index contributed by atoms with van der Waals surface area (Å²) in [5.41, 5.74) is 12.5. The van der Waals surface area contributed by atoms with Crippen LogP contribution in [0.25, 0.3) is 0 Å². The highest BCUT2D eigenvalue weighted by atomic mass is 35.5. The van der Waals surface area contributed by atoms with Gasteiger partial charge < -0.3 is 20.9 Å². The Morgan fingerprint density at radius 3 is 2.24 bits per heavy atom. The number of halogens is 1. The van der Waals surface area contributed by atoms with Crippen LogP contribution in [-0.4, -0.2) is 26.1 Å². The summed E-state index contributed by atoms with van der Waals surface area (Å²) in [6.45, 7) is 0. The molecule has 0 aliphatic heterocycles. The Labute approximate surface area is 153 Å². The van der Waals surface area contributed by atoms with Crippen LogP contribution in [0.3, 0.4) is 0 Å². The molecule has 134 valence electrons. The number of aliphatic imine (C=N–C) groups is 1. The molecule has 1 unspecified atom stereocenters. The smallest absolute Gasteiger partial charge is 0.256 e. The topological polar surface area (TPSA) is 99.9 Å². The Morgan fingerprint density at radius 2 is 1.68 bits per heavy atom. The minimum Gasteiger partial charge on any atom is -0.493 e. The minimum atomic E-state index is -0.519. The van der Waals surface area contributed by atoms with Gasteiger partial charge in [-0.1, -0.05) is 36.4 Å². The first-order valence-corrected chi connectivity index (χ1v) is 7.44. The van der Waals surface area contributed by atoms with Crippen LogP contribution in [0.4, 0.5) is 0 Å². The summed E-state index contributed by atoms with van der Waals surface area (Å²) in [7, 11) is 3.11. The molecule has 0 fully saturated rings. The van der Waals surface area contributed by atoms with Crippen molar-refractivity contribution in [2.45, 2.75) is 12.3 Å². The van der Waals surface area contributed by atoms with Gasteiger partial charge in [-0.15, -0.1) is 12.4 Å². The number of nitrogens with two attached hydrogens (primary N) is 2. The summed E-state index contributed by atoms with van der Waals surface area (Å²) in [6.07, 6.45) is 0.478. The number of nitrogens with zero attached hydrogens (tertiary/aromatic N) is 1. The van der Waals surface area contributed by atoms with E-state index in [0.717, 1.165) is 11.1 Å². The average Bonchev–Trinajstić information content (AvgIpc) is 2.59. The van der Waals surface area contributed by atoms with Gasteiger partial charge in [-0.3, -0.25) is 4.79 Å². The van der Waals surface area contributed by atoms with E-state index in [1.807, 2.05) is 36.4 Å². The molecule has 2 aromatic rings. The lowest BCUT2D eigenvalue weighted by atomic mass is 9.91. The van der Waals surface area contributed by atoms with Crippen LogP contribution in [0.15, 0.2) is 53.5 Å². The molecule has 6 nitrogen and oxygen atoms in total. The third-order valence-corrected chi connectivity index (χ3v) is 3.63. The molecule has 0 aliphatic carbocycles. The third-order valence-electron chi connectivity index (χ3n) is 3.63. The van der Waals surface area contributed by atoms with Crippen LogP contribution in [0, 0.1) is 0 Å². The molecule has 1 amide bonds. The van der Waals surface area contributed by atoms with Crippen LogP contribution < -0.4 is 20.9 Å². The molecule has 0 heterocycles. The predicted molar refractivity (Wildman–Crippen MR) is 100 cm³/mol. The monoisotopic (exact) mass is 363 g/mol. The molecule has 0 saturated carbocycles. The highest BCUT2D eigenvalue weighted by Crippen LogP contribution is 2.32. The van der Waals surface area contributed by atoms with Crippen molar-refractivity contribution in [3.8, 4) is 11.5 Å². The zero-order valence-electron chi connectivity index (χ0n) is 14.1. The summed E-state index contributed by atoms with van der Waals surface area (Å²) in [5, 5.41) is 0. The number of methoxy groups -OCH3 is 2. The van der Waals surface area contributed by atoms with Crippen LogP contribution in [-0.2, 0) is 11.2 Å². The Hall–Kier alpha value is -2.73. The number of hydrogen-bond acceptors (Lipinski definition) is 3. The SMILES string of the molecule is COc1ccc(C(Cc2ccccc2)C(=O)N=C(N)N)cc1OC.Cl. The first kappa shape index (κ1) is 20.3. The molecule has 1 atom stereocenters.